The van der Waals surface area contributed by atoms with Crippen LogP contribution in [0.2, 0.25) is 0 Å². The fraction of sp³-hybridized carbons (Fsp3) is 0.692. The molecular weight excluding hydrogens is 198 g/mol. The molecule has 1 rings (SSSR count). The number of aromatic nitrogens is 2. The van der Waals surface area contributed by atoms with Crippen molar-refractivity contribution in [1.82, 2.24) is 15.3 Å². The first-order valence-electron chi connectivity index (χ1n) is 5.98. The molecule has 0 saturated carbocycles. The van der Waals surface area contributed by atoms with Gasteiger partial charge in [-0.2, -0.15) is 0 Å². The van der Waals surface area contributed by atoms with Gasteiger partial charge in [-0.15, -0.1) is 0 Å². The summed E-state index contributed by atoms with van der Waals surface area (Å²) >= 11 is 0. The third-order valence-electron chi connectivity index (χ3n) is 2.60. The second-order valence-electron chi connectivity index (χ2n) is 5.36. The summed E-state index contributed by atoms with van der Waals surface area (Å²) in [5, 5.41) is 3.42. The molecule has 3 heteroatoms. The van der Waals surface area contributed by atoms with E-state index in [0.29, 0.717) is 5.92 Å². The van der Waals surface area contributed by atoms with Gasteiger partial charge in [0.05, 0.1) is 0 Å². The molecular formula is C13H23N3. The summed E-state index contributed by atoms with van der Waals surface area (Å²) in [6.07, 6.45) is 4.93. The van der Waals surface area contributed by atoms with Crippen LogP contribution < -0.4 is 5.32 Å². The monoisotopic (exact) mass is 221 g/mol. The molecule has 0 bridgehead atoms. The van der Waals surface area contributed by atoms with Crippen LogP contribution in [0, 0.1) is 0 Å². The Hall–Kier alpha value is -0.960. The average Bonchev–Trinajstić information content (AvgIpc) is 2.25. The minimum atomic E-state index is 0.134. The third-order valence-corrected chi connectivity index (χ3v) is 2.60. The van der Waals surface area contributed by atoms with Gasteiger partial charge in [0.1, 0.15) is 5.82 Å². The van der Waals surface area contributed by atoms with E-state index in [1.54, 1.807) is 0 Å². The van der Waals surface area contributed by atoms with Crippen LogP contribution >= 0.6 is 0 Å². The standard InChI is InChI=1S/C13H23N3/c1-6-10(2)12-14-7-11(8-15-12)9-16-13(3,4)5/h7-8,10,16H,6,9H2,1-5H3. The normalized spacial score (nSPS) is 13.8. The number of hydrogen-bond acceptors (Lipinski definition) is 3. The highest BCUT2D eigenvalue weighted by atomic mass is 15.0. The molecule has 0 aliphatic carbocycles. The zero-order valence-corrected chi connectivity index (χ0v) is 11.0. The number of rotatable bonds is 4. The summed E-state index contributed by atoms with van der Waals surface area (Å²) in [4.78, 5) is 8.80. The van der Waals surface area contributed by atoms with Crippen LogP contribution in [0.3, 0.4) is 0 Å². The molecule has 1 atom stereocenters. The van der Waals surface area contributed by atoms with Crippen LogP contribution in [-0.2, 0) is 6.54 Å². The van der Waals surface area contributed by atoms with Crippen LogP contribution in [0.25, 0.3) is 0 Å². The average molecular weight is 221 g/mol. The van der Waals surface area contributed by atoms with Crippen LogP contribution in [-0.4, -0.2) is 15.5 Å². The lowest BCUT2D eigenvalue weighted by atomic mass is 10.1. The Balaban J connectivity index is 2.58. The zero-order valence-electron chi connectivity index (χ0n) is 11.0. The maximum absolute atomic E-state index is 4.40. The van der Waals surface area contributed by atoms with Crippen LogP contribution in [0.5, 0.6) is 0 Å². The molecule has 0 saturated heterocycles. The SMILES string of the molecule is CCC(C)c1ncc(CNC(C)(C)C)cn1. The lowest BCUT2D eigenvalue weighted by Gasteiger charge is -2.20. The largest absolute Gasteiger partial charge is 0.308 e. The van der Waals surface area contributed by atoms with Gasteiger partial charge >= 0.3 is 0 Å². The molecule has 0 spiro atoms. The van der Waals surface area contributed by atoms with E-state index in [9.17, 15) is 0 Å². The van der Waals surface area contributed by atoms with Gasteiger partial charge in [-0.1, -0.05) is 13.8 Å². The van der Waals surface area contributed by atoms with Crippen molar-refractivity contribution >= 4 is 0 Å². The maximum Gasteiger partial charge on any atom is 0.131 e. The van der Waals surface area contributed by atoms with Gasteiger partial charge in [0.15, 0.2) is 0 Å². The highest BCUT2D eigenvalue weighted by Crippen LogP contribution is 2.13. The first-order valence-corrected chi connectivity index (χ1v) is 5.98. The molecule has 0 aliphatic heterocycles. The van der Waals surface area contributed by atoms with E-state index >= 15 is 0 Å². The molecule has 1 N–H and O–H groups in total. The Labute approximate surface area is 98.7 Å². The van der Waals surface area contributed by atoms with Gasteiger partial charge in [0.2, 0.25) is 0 Å². The quantitative estimate of drug-likeness (QED) is 0.849. The Morgan fingerprint density at radius 2 is 1.81 bits per heavy atom. The molecule has 1 aromatic rings. The summed E-state index contributed by atoms with van der Waals surface area (Å²) in [5.74, 6) is 1.40. The molecule has 16 heavy (non-hydrogen) atoms. The van der Waals surface area contributed by atoms with Gasteiger partial charge in [0.25, 0.3) is 0 Å². The Bertz CT molecular complexity index is 311. The summed E-state index contributed by atoms with van der Waals surface area (Å²) in [7, 11) is 0. The van der Waals surface area contributed by atoms with Crippen molar-refractivity contribution < 1.29 is 0 Å². The predicted octanol–water partition coefficient (Wildman–Crippen LogP) is 2.88. The first kappa shape index (κ1) is 13.1. The Kier molecular flexibility index (Phi) is 4.42. The van der Waals surface area contributed by atoms with Crippen molar-refractivity contribution in [2.75, 3.05) is 0 Å². The van der Waals surface area contributed by atoms with Crippen molar-refractivity contribution in [3.05, 3.63) is 23.8 Å². The molecule has 3 nitrogen and oxygen atoms in total. The Morgan fingerprint density at radius 3 is 2.25 bits per heavy atom. The van der Waals surface area contributed by atoms with Gasteiger partial charge in [-0.3, -0.25) is 0 Å². The molecule has 1 heterocycles. The number of nitrogens with zero attached hydrogens (tertiary/aromatic N) is 2. The highest BCUT2D eigenvalue weighted by molar-refractivity contribution is 5.07. The summed E-state index contributed by atoms with van der Waals surface area (Å²) < 4.78 is 0. The topological polar surface area (TPSA) is 37.8 Å². The van der Waals surface area contributed by atoms with Crippen molar-refractivity contribution in [3.63, 3.8) is 0 Å². The lowest BCUT2D eigenvalue weighted by molar-refractivity contribution is 0.423. The van der Waals surface area contributed by atoms with Gasteiger partial charge in [-0.05, 0) is 27.2 Å². The summed E-state index contributed by atoms with van der Waals surface area (Å²) in [6.45, 7) is 11.6. The maximum atomic E-state index is 4.40. The van der Waals surface area contributed by atoms with Crippen LogP contribution in [0.15, 0.2) is 12.4 Å². The molecule has 0 amide bonds. The van der Waals surface area contributed by atoms with E-state index in [2.05, 4.69) is 49.9 Å². The smallest absolute Gasteiger partial charge is 0.131 e. The summed E-state index contributed by atoms with van der Waals surface area (Å²) in [5.41, 5.74) is 1.28. The van der Waals surface area contributed by atoms with Crippen molar-refractivity contribution in [3.8, 4) is 0 Å². The molecule has 0 aliphatic rings. The summed E-state index contributed by atoms with van der Waals surface area (Å²) in [6, 6.07) is 0. The van der Waals surface area contributed by atoms with Crippen molar-refractivity contribution in [1.29, 1.82) is 0 Å². The van der Waals surface area contributed by atoms with E-state index in [1.807, 2.05) is 12.4 Å². The predicted molar refractivity (Wildman–Crippen MR) is 67.3 cm³/mol. The van der Waals surface area contributed by atoms with E-state index < -0.39 is 0 Å². The lowest BCUT2D eigenvalue weighted by Crippen LogP contribution is -2.35. The fourth-order valence-electron chi connectivity index (χ4n) is 1.26. The fourth-order valence-corrected chi connectivity index (χ4v) is 1.26. The van der Waals surface area contributed by atoms with E-state index in [-0.39, 0.29) is 5.54 Å². The minimum absolute atomic E-state index is 0.134. The van der Waals surface area contributed by atoms with E-state index in [1.165, 1.54) is 0 Å². The van der Waals surface area contributed by atoms with Crippen molar-refractivity contribution in [2.24, 2.45) is 0 Å². The molecule has 0 aromatic carbocycles. The van der Waals surface area contributed by atoms with Crippen LogP contribution in [0.1, 0.15) is 58.3 Å². The second kappa shape index (κ2) is 5.39. The van der Waals surface area contributed by atoms with Crippen LogP contribution in [0.4, 0.5) is 0 Å². The van der Waals surface area contributed by atoms with Gasteiger partial charge in [0, 0.05) is 36.0 Å². The van der Waals surface area contributed by atoms with E-state index in [0.717, 1.165) is 24.4 Å². The number of nitrogens with one attached hydrogen (secondary N) is 1. The van der Waals surface area contributed by atoms with E-state index in [4.69, 9.17) is 0 Å². The second-order valence-corrected chi connectivity index (χ2v) is 5.36. The molecule has 0 fully saturated rings. The zero-order chi connectivity index (χ0) is 12.2. The van der Waals surface area contributed by atoms with Gasteiger partial charge in [-0.25, -0.2) is 9.97 Å². The Morgan fingerprint density at radius 1 is 1.25 bits per heavy atom. The number of hydrogen-bond donors (Lipinski definition) is 1. The molecule has 0 radical (unpaired) electrons. The van der Waals surface area contributed by atoms with Crippen molar-refractivity contribution in [2.45, 2.75) is 59.0 Å². The molecule has 1 aromatic heterocycles. The minimum Gasteiger partial charge on any atom is -0.308 e. The molecule has 1 unspecified atom stereocenters. The first-order chi connectivity index (χ1) is 7.42. The third kappa shape index (κ3) is 4.27. The highest BCUT2D eigenvalue weighted by Gasteiger charge is 2.09. The van der Waals surface area contributed by atoms with Gasteiger partial charge < -0.3 is 5.32 Å². The molecule has 90 valence electrons.